The number of benzene rings is 1. The molecule has 0 saturated heterocycles. The van der Waals surface area contributed by atoms with E-state index < -0.39 is 11.0 Å². The molecule has 7 nitrogen and oxygen atoms in total. The molecule has 1 amide bonds. The van der Waals surface area contributed by atoms with Gasteiger partial charge in [0.15, 0.2) is 5.69 Å². The van der Waals surface area contributed by atoms with E-state index >= 15 is 0 Å². The Kier molecular flexibility index (Phi) is 4.67. The number of carbonyl (C=O) groups excluding carboxylic acids is 1. The van der Waals surface area contributed by atoms with Crippen LogP contribution in [0.5, 0.6) is 0 Å². The van der Waals surface area contributed by atoms with Gasteiger partial charge in [-0.3, -0.25) is 15.4 Å². The van der Waals surface area contributed by atoms with E-state index in [1.165, 1.54) is 6.07 Å². The monoisotopic (exact) mass is 301 g/mol. The second-order valence-corrected chi connectivity index (χ2v) is 4.48. The second kappa shape index (κ2) is 6.66. The van der Waals surface area contributed by atoms with Crippen molar-refractivity contribution in [1.82, 2.24) is 4.98 Å². The first-order chi connectivity index (χ1) is 10.5. The molecule has 1 heterocycles. The van der Waals surface area contributed by atoms with E-state index in [0.717, 1.165) is 0 Å². The highest BCUT2D eigenvalue weighted by Gasteiger charge is 2.24. The molecule has 1 aromatic carbocycles. The summed E-state index contributed by atoms with van der Waals surface area (Å²) in [7, 11) is 0. The van der Waals surface area contributed by atoms with Crippen molar-refractivity contribution in [2.24, 2.45) is 0 Å². The van der Waals surface area contributed by atoms with E-state index in [1.807, 2.05) is 6.07 Å². The number of rotatable bonds is 4. The van der Waals surface area contributed by atoms with Gasteiger partial charge in [0.25, 0.3) is 0 Å². The van der Waals surface area contributed by atoms with Gasteiger partial charge in [-0.1, -0.05) is 30.3 Å². The summed E-state index contributed by atoms with van der Waals surface area (Å²) in [5.41, 5.74) is 1.16. The van der Waals surface area contributed by atoms with Gasteiger partial charge in [-0.15, -0.1) is 0 Å². The SMILES string of the molecule is CCOC(=O)Nc1cc(C)nc(-c2ccccc2)c1[N+](=O)[O-]. The van der Waals surface area contributed by atoms with Crippen molar-refractivity contribution in [3.8, 4) is 11.3 Å². The number of nitro groups is 1. The van der Waals surface area contributed by atoms with Crippen LogP contribution in [0.15, 0.2) is 36.4 Å². The van der Waals surface area contributed by atoms with Crippen LogP contribution in [-0.2, 0) is 4.74 Å². The third kappa shape index (κ3) is 3.38. The van der Waals surface area contributed by atoms with E-state index in [-0.39, 0.29) is 23.7 Å². The van der Waals surface area contributed by atoms with E-state index in [9.17, 15) is 14.9 Å². The molecular weight excluding hydrogens is 286 g/mol. The summed E-state index contributed by atoms with van der Waals surface area (Å²) in [6, 6.07) is 10.2. The third-order valence-corrected chi connectivity index (χ3v) is 2.86. The van der Waals surface area contributed by atoms with Crippen LogP contribution < -0.4 is 5.32 Å². The Morgan fingerprint density at radius 3 is 2.64 bits per heavy atom. The molecule has 2 rings (SSSR count). The predicted octanol–water partition coefficient (Wildman–Crippen LogP) is 3.53. The average molecular weight is 301 g/mol. The maximum Gasteiger partial charge on any atom is 0.411 e. The molecule has 0 radical (unpaired) electrons. The average Bonchev–Trinajstić information content (AvgIpc) is 2.47. The van der Waals surface area contributed by atoms with Gasteiger partial charge >= 0.3 is 11.8 Å². The number of nitrogens with zero attached hydrogens (tertiary/aromatic N) is 2. The lowest BCUT2D eigenvalue weighted by Crippen LogP contribution is -2.15. The van der Waals surface area contributed by atoms with Crippen LogP contribution in [0.1, 0.15) is 12.6 Å². The molecule has 114 valence electrons. The molecule has 22 heavy (non-hydrogen) atoms. The molecule has 0 bridgehead atoms. The molecule has 0 aliphatic heterocycles. The van der Waals surface area contributed by atoms with Crippen LogP contribution in [-0.4, -0.2) is 22.6 Å². The maximum atomic E-state index is 11.6. The minimum absolute atomic E-state index is 0.0646. The fourth-order valence-corrected chi connectivity index (χ4v) is 2.02. The van der Waals surface area contributed by atoms with Crippen LogP contribution in [0.4, 0.5) is 16.2 Å². The number of ether oxygens (including phenoxy) is 1. The number of carbonyl (C=O) groups is 1. The molecule has 0 saturated carbocycles. The molecule has 0 atom stereocenters. The summed E-state index contributed by atoms with van der Waals surface area (Å²) < 4.78 is 4.77. The number of nitrogens with one attached hydrogen (secondary N) is 1. The van der Waals surface area contributed by atoms with Gasteiger partial charge in [0.2, 0.25) is 0 Å². The zero-order valence-electron chi connectivity index (χ0n) is 12.2. The molecule has 0 fully saturated rings. The zero-order valence-corrected chi connectivity index (χ0v) is 12.2. The summed E-state index contributed by atoms with van der Waals surface area (Å²) in [5.74, 6) is 0. The van der Waals surface area contributed by atoms with E-state index in [1.54, 1.807) is 38.1 Å². The molecule has 1 N–H and O–H groups in total. The van der Waals surface area contributed by atoms with Crippen LogP contribution in [0.3, 0.4) is 0 Å². The third-order valence-electron chi connectivity index (χ3n) is 2.86. The van der Waals surface area contributed by atoms with Crippen LogP contribution in [0.25, 0.3) is 11.3 Å². The number of aryl methyl sites for hydroxylation is 1. The molecular formula is C15H15N3O4. The van der Waals surface area contributed by atoms with Gasteiger partial charge in [-0.25, -0.2) is 9.78 Å². The number of aromatic nitrogens is 1. The minimum atomic E-state index is -0.741. The van der Waals surface area contributed by atoms with Gasteiger partial charge in [0, 0.05) is 11.3 Å². The van der Waals surface area contributed by atoms with Crippen molar-refractivity contribution in [1.29, 1.82) is 0 Å². The molecule has 1 aromatic heterocycles. The van der Waals surface area contributed by atoms with Crippen molar-refractivity contribution in [3.63, 3.8) is 0 Å². The quantitative estimate of drug-likeness (QED) is 0.688. The number of hydrogen-bond donors (Lipinski definition) is 1. The van der Waals surface area contributed by atoms with Gasteiger partial charge < -0.3 is 4.74 Å². The second-order valence-electron chi connectivity index (χ2n) is 4.48. The van der Waals surface area contributed by atoms with Gasteiger partial charge in [-0.05, 0) is 19.9 Å². The first kappa shape index (κ1) is 15.4. The van der Waals surface area contributed by atoms with Crippen molar-refractivity contribution in [3.05, 3.63) is 52.2 Å². The summed E-state index contributed by atoms with van der Waals surface area (Å²) in [6.45, 7) is 3.53. The standard InChI is InChI=1S/C15H15N3O4/c1-3-22-15(19)17-12-9-10(2)16-13(14(12)18(20)21)11-7-5-4-6-8-11/h4-9H,3H2,1-2H3,(H,16,17,19). The lowest BCUT2D eigenvalue weighted by Gasteiger charge is -2.10. The van der Waals surface area contributed by atoms with Crippen LogP contribution in [0.2, 0.25) is 0 Å². The zero-order chi connectivity index (χ0) is 16.1. The predicted molar refractivity (Wildman–Crippen MR) is 81.7 cm³/mol. The lowest BCUT2D eigenvalue weighted by molar-refractivity contribution is -0.383. The molecule has 0 aliphatic rings. The summed E-state index contributed by atoms with van der Waals surface area (Å²) in [4.78, 5) is 26.7. The van der Waals surface area contributed by atoms with Crippen molar-refractivity contribution in [2.45, 2.75) is 13.8 Å². The van der Waals surface area contributed by atoms with Crippen molar-refractivity contribution in [2.75, 3.05) is 11.9 Å². The fraction of sp³-hybridized carbons (Fsp3) is 0.200. The Balaban J connectivity index is 2.57. The largest absolute Gasteiger partial charge is 0.450 e. The highest BCUT2D eigenvalue weighted by Crippen LogP contribution is 2.35. The van der Waals surface area contributed by atoms with E-state index in [2.05, 4.69) is 10.3 Å². The minimum Gasteiger partial charge on any atom is -0.450 e. The summed E-state index contributed by atoms with van der Waals surface area (Å²) in [6.07, 6.45) is -0.741. The molecule has 2 aromatic rings. The van der Waals surface area contributed by atoms with Crippen molar-refractivity contribution >= 4 is 17.5 Å². The van der Waals surface area contributed by atoms with Crippen molar-refractivity contribution < 1.29 is 14.5 Å². The Labute approximate surface area is 127 Å². The highest BCUT2D eigenvalue weighted by molar-refractivity contribution is 5.91. The molecule has 0 spiro atoms. The molecule has 0 unspecified atom stereocenters. The van der Waals surface area contributed by atoms with Gasteiger partial charge in [-0.2, -0.15) is 0 Å². The lowest BCUT2D eigenvalue weighted by atomic mass is 10.1. The Bertz CT molecular complexity index is 701. The first-order valence-electron chi connectivity index (χ1n) is 6.68. The maximum absolute atomic E-state index is 11.6. The topological polar surface area (TPSA) is 94.4 Å². The Morgan fingerprint density at radius 2 is 2.05 bits per heavy atom. The number of pyridine rings is 1. The Hall–Kier alpha value is -2.96. The fourth-order valence-electron chi connectivity index (χ4n) is 2.02. The van der Waals surface area contributed by atoms with E-state index in [4.69, 9.17) is 4.74 Å². The van der Waals surface area contributed by atoms with E-state index in [0.29, 0.717) is 11.3 Å². The summed E-state index contributed by atoms with van der Waals surface area (Å²) in [5, 5.41) is 13.8. The molecule has 0 aliphatic carbocycles. The summed E-state index contributed by atoms with van der Waals surface area (Å²) >= 11 is 0. The highest BCUT2D eigenvalue weighted by atomic mass is 16.6. The first-order valence-corrected chi connectivity index (χ1v) is 6.68. The smallest absolute Gasteiger partial charge is 0.411 e. The van der Waals surface area contributed by atoms with Gasteiger partial charge in [0.05, 0.1) is 11.5 Å². The number of hydrogen-bond acceptors (Lipinski definition) is 5. The van der Waals surface area contributed by atoms with Gasteiger partial charge in [0.1, 0.15) is 5.69 Å². The number of anilines is 1. The number of amides is 1. The van der Waals surface area contributed by atoms with Crippen LogP contribution >= 0.6 is 0 Å². The van der Waals surface area contributed by atoms with Crippen LogP contribution in [0, 0.1) is 17.0 Å². The Morgan fingerprint density at radius 1 is 1.36 bits per heavy atom. The molecule has 7 heteroatoms. The normalized spacial score (nSPS) is 10.1.